The first kappa shape index (κ1) is 8.85. The molecule has 1 fully saturated rings. The topological polar surface area (TPSA) is 12.0 Å². The molecule has 0 aromatic carbocycles. The first-order valence-electron chi connectivity index (χ1n) is 4.27. The van der Waals surface area contributed by atoms with Crippen molar-refractivity contribution in [1.29, 1.82) is 0 Å². The number of hydrogen-bond acceptors (Lipinski definition) is 1. The van der Waals surface area contributed by atoms with E-state index in [0.29, 0.717) is 0 Å². The minimum Gasteiger partial charge on any atom is -0.385 e. The highest BCUT2D eigenvalue weighted by Gasteiger charge is 2.08. The third-order valence-corrected chi connectivity index (χ3v) is 1.89. The highest BCUT2D eigenvalue weighted by molar-refractivity contribution is 5.35. The predicted molar refractivity (Wildman–Crippen MR) is 53.8 cm³/mol. The summed E-state index contributed by atoms with van der Waals surface area (Å²) in [7, 11) is 0. The minimum absolute atomic E-state index is 1.06. The summed E-state index contributed by atoms with van der Waals surface area (Å²) < 4.78 is 0. The van der Waals surface area contributed by atoms with E-state index in [1.165, 1.54) is 17.7 Å². The minimum atomic E-state index is 1.06. The van der Waals surface area contributed by atoms with Gasteiger partial charge in [0.05, 0.1) is 0 Å². The van der Waals surface area contributed by atoms with E-state index >= 15 is 0 Å². The molecule has 1 rings (SSSR count). The van der Waals surface area contributed by atoms with Crippen LogP contribution in [0.25, 0.3) is 0 Å². The van der Waals surface area contributed by atoms with Crippen molar-refractivity contribution in [3.8, 4) is 0 Å². The summed E-state index contributed by atoms with van der Waals surface area (Å²) >= 11 is 0. The van der Waals surface area contributed by atoms with E-state index in [-0.39, 0.29) is 0 Å². The van der Waals surface area contributed by atoms with Crippen LogP contribution in [0.2, 0.25) is 0 Å². The second-order valence-electron chi connectivity index (χ2n) is 2.77. The highest BCUT2D eigenvalue weighted by atomic mass is 14.9. The second-order valence-corrected chi connectivity index (χ2v) is 2.77. The number of rotatable bonds is 2. The van der Waals surface area contributed by atoms with Gasteiger partial charge in [0, 0.05) is 12.2 Å². The van der Waals surface area contributed by atoms with Crippen molar-refractivity contribution in [1.82, 2.24) is 5.32 Å². The fourth-order valence-corrected chi connectivity index (χ4v) is 1.35. The molecule has 0 saturated carbocycles. The van der Waals surface area contributed by atoms with Gasteiger partial charge in [-0.15, -0.1) is 0 Å². The number of allylic oxidation sites excluding steroid dienone is 5. The standard InChI is InChI=1S/C11H15N/c1-3-6-10-8-5-9-12-11(10)7-4-2/h3-4,6-7,12H,1-2,5,8-9H2/b10-6-,11-7+. The van der Waals surface area contributed by atoms with E-state index in [1.54, 1.807) is 0 Å². The molecule has 1 aliphatic heterocycles. The molecule has 0 spiro atoms. The van der Waals surface area contributed by atoms with Gasteiger partial charge in [0.1, 0.15) is 0 Å². The van der Waals surface area contributed by atoms with Crippen molar-refractivity contribution in [3.63, 3.8) is 0 Å². The zero-order valence-corrected chi connectivity index (χ0v) is 7.34. The van der Waals surface area contributed by atoms with Crippen LogP contribution >= 0.6 is 0 Å². The van der Waals surface area contributed by atoms with Crippen LogP contribution < -0.4 is 5.32 Å². The lowest BCUT2D eigenvalue weighted by Gasteiger charge is -2.19. The summed E-state index contributed by atoms with van der Waals surface area (Å²) in [6.07, 6.45) is 10.0. The van der Waals surface area contributed by atoms with Crippen LogP contribution in [0.15, 0.2) is 48.7 Å². The summed E-state index contributed by atoms with van der Waals surface area (Å²) in [6, 6.07) is 0. The molecule has 0 bridgehead atoms. The molecule has 12 heavy (non-hydrogen) atoms. The molecule has 0 amide bonds. The fourth-order valence-electron chi connectivity index (χ4n) is 1.35. The molecule has 0 atom stereocenters. The maximum atomic E-state index is 3.69. The Bertz CT molecular complexity index is 207. The highest BCUT2D eigenvalue weighted by Crippen LogP contribution is 2.18. The maximum Gasteiger partial charge on any atom is 0.0372 e. The van der Waals surface area contributed by atoms with E-state index in [1.807, 2.05) is 18.2 Å². The Morgan fingerprint density at radius 3 is 2.58 bits per heavy atom. The van der Waals surface area contributed by atoms with Crippen molar-refractivity contribution < 1.29 is 0 Å². The zero-order valence-electron chi connectivity index (χ0n) is 7.34. The van der Waals surface area contributed by atoms with Gasteiger partial charge >= 0.3 is 0 Å². The Kier molecular flexibility index (Phi) is 3.39. The third-order valence-electron chi connectivity index (χ3n) is 1.89. The number of piperidine rings is 1. The number of hydrogen-bond donors (Lipinski definition) is 1. The Labute approximate surface area is 74.2 Å². The van der Waals surface area contributed by atoms with Gasteiger partial charge in [-0.25, -0.2) is 0 Å². The van der Waals surface area contributed by atoms with E-state index < -0.39 is 0 Å². The Balaban J connectivity index is 2.80. The van der Waals surface area contributed by atoms with Crippen molar-refractivity contribution in [2.45, 2.75) is 12.8 Å². The van der Waals surface area contributed by atoms with E-state index in [2.05, 4.69) is 24.6 Å². The van der Waals surface area contributed by atoms with Crippen LogP contribution in [0.5, 0.6) is 0 Å². The molecule has 1 heteroatoms. The van der Waals surface area contributed by atoms with Crippen molar-refractivity contribution in [2.24, 2.45) is 0 Å². The zero-order chi connectivity index (χ0) is 8.81. The Hall–Kier alpha value is -1.24. The largest absolute Gasteiger partial charge is 0.385 e. The molecule has 1 saturated heterocycles. The first-order valence-corrected chi connectivity index (χ1v) is 4.27. The smallest absolute Gasteiger partial charge is 0.0372 e. The average molecular weight is 161 g/mol. The summed E-state index contributed by atoms with van der Waals surface area (Å²) in [5, 5.41) is 3.33. The summed E-state index contributed by atoms with van der Waals surface area (Å²) in [4.78, 5) is 0. The van der Waals surface area contributed by atoms with Crippen molar-refractivity contribution in [3.05, 3.63) is 48.7 Å². The molecule has 0 aliphatic carbocycles. The fraction of sp³-hybridized carbons (Fsp3) is 0.273. The molecule has 1 heterocycles. The van der Waals surface area contributed by atoms with Crippen LogP contribution in [0.4, 0.5) is 0 Å². The molecule has 1 aliphatic rings. The van der Waals surface area contributed by atoms with Crippen LogP contribution in [-0.4, -0.2) is 6.54 Å². The summed E-state index contributed by atoms with van der Waals surface area (Å²) in [6.45, 7) is 8.44. The molecule has 1 N–H and O–H groups in total. The lowest BCUT2D eigenvalue weighted by molar-refractivity contribution is 0.669. The normalized spacial score (nSPS) is 23.7. The quantitative estimate of drug-likeness (QED) is 0.656. The number of nitrogens with one attached hydrogen (secondary N) is 1. The predicted octanol–water partition coefficient (Wildman–Crippen LogP) is 2.55. The lowest BCUT2D eigenvalue weighted by atomic mass is 10.0. The van der Waals surface area contributed by atoms with Gasteiger partial charge in [0.25, 0.3) is 0 Å². The van der Waals surface area contributed by atoms with E-state index in [0.717, 1.165) is 13.0 Å². The molecule has 0 aromatic rings. The molecular formula is C11H15N. The van der Waals surface area contributed by atoms with Gasteiger partial charge in [-0.3, -0.25) is 0 Å². The van der Waals surface area contributed by atoms with Gasteiger partial charge < -0.3 is 5.32 Å². The second kappa shape index (κ2) is 4.60. The Morgan fingerprint density at radius 2 is 1.92 bits per heavy atom. The van der Waals surface area contributed by atoms with E-state index in [4.69, 9.17) is 0 Å². The third kappa shape index (κ3) is 2.12. The SMILES string of the molecule is C=C/C=C1/CCCN/C1=C/C=C. The summed E-state index contributed by atoms with van der Waals surface area (Å²) in [5.74, 6) is 0. The molecule has 0 aromatic heterocycles. The van der Waals surface area contributed by atoms with Crippen LogP contribution in [0.1, 0.15) is 12.8 Å². The van der Waals surface area contributed by atoms with E-state index in [9.17, 15) is 0 Å². The van der Waals surface area contributed by atoms with Crippen LogP contribution in [-0.2, 0) is 0 Å². The molecule has 1 nitrogen and oxygen atoms in total. The Morgan fingerprint density at radius 1 is 1.17 bits per heavy atom. The van der Waals surface area contributed by atoms with Gasteiger partial charge in [-0.05, 0) is 24.5 Å². The first-order chi connectivity index (χ1) is 5.88. The van der Waals surface area contributed by atoms with Crippen molar-refractivity contribution in [2.75, 3.05) is 6.54 Å². The maximum absolute atomic E-state index is 3.69. The van der Waals surface area contributed by atoms with Crippen LogP contribution in [0.3, 0.4) is 0 Å². The van der Waals surface area contributed by atoms with Crippen molar-refractivity contribution >= 4 is 0 Å². The summed E-state index contributed by atoms with van der Waals surface area (Å²) in [5.41, 5.74) is 2.52. The molecule has 0 unspecified atom stereocenters. The molecule has 64 valence electrons. The van der Waals surface area contributed by atoms with Gasteiger partial charge in [0.15, 0.2) is 0 Å². The lowest BCUT2D eigenvalue weighted by Crippen LogP contribution is -2.21. The monoisotopic (exact) mass is 161 g/mol. The average Bonchev–Trinajstić information content (AvgIpc) is 2.09. The molecule has 0 radical (unpaired) electrons. The van der Waals surface area contributed by atoms with Gasteiger partial charge in [0.2, 0.25) is 0 Å². The molecular weight excluding hydrogens is 146 g/mol. The van der Waals surface area contributed by atoms with Crippen LogP contribution in [0, 0.1) is 0 Å². The van der Waals surface area contributed by atoms with Gasteiger partial charge in [-0.2, -0.15) is 0 Å². The van der Waals surface area contributed by atoms with Gasteiger partial charge in [-0.1, -0.05) is 31.4 Å².